The number of rotatable bonds is 5. The van der Waals surface area contributed by atoms with Gasteiger partial charge in [-0.1, -0.05) is 15.9 Å². The number of guanidine groups is 1. The Morgan fingerprint density at radius 2 is 2.12 bits per heavy atom. The number of hydrogen-bond acceptors (Lipinski definition) is 3. The molecule has 26 heavy (non-hydrogen) atoms. The first-order chi connectivity index (χ1) is 12.1. The van der Waals surface area contributed by atoms with Crippen LogP contribution in [-0.4, -0.2) is 48.5 Å². The fourth-order valence-corrected chi connectivity index (χ4v) is 3.29. The minimum absolute atomic E-state index is 0. The van der Waals surface area contributed by atoms with E-state index in [0.717, 1.165) is 43.0 Å². The van der Waals surface area contributed by atoms with Crippen molar-refractivity contribution in [3.63, 3.8) is 0 Å². The van der Waals surface area contributed by atoms with Gasteiger partial charge in [-0.2, -0.15) is 5.10 Å². The van der Waals surface area contributed by atoms with Crippen molar-refractivity contribution in [3.8, 4) is 0 Å². The van der Waals surface area contributed by atoms with Gasteiger partial charge in [0.25, 0.3) is 0 Å². The van der Waals surface area contributed by atoms with Gasteiger partial charge in [0.1, 0.15) is 0 Å². The molecule has 1 aromatic heterocycles. The average Bonchev–Trinajstić information content (AvgIpc) is 3.24. The second-order valence-corrected chi connectivity index (χ2v) is 7.25. The normalized spacial score (nSPS) is 17.1. The number of aliphatic imine (C=N–C) groups is 1. The van der Waals surface area contributed by atoms with E-state index in [9.17, 15) is 0 Å². The summed E-state index contributed by atoms with van der Waals surface area (Å²) >= 11 is 3.49. The molecule has 0 saturated carbocycles. The quantitative estimate of drug-likeness (QED) is 0.353. The summed E-state index contributed by atoms with van der Waals surface area (Å²) in [6.45, 7) is 5.71. The van der Waals surface area contributed by atoms with Gasteiger partial charge in [-0.15, -0.1) is 24.0 Å². The first-order valence-electron chi connectivity index (χ1n) is 8.61. The number of aryl methyl sites for hydroxylation is 1. The Balaban J connectivity index is 0.00000243. The summed E-state index contributed by atoms with van der Waals surface area (Å²) < 4.78 is 3.06. The molecular formula is C18H26BrIN6. The number of anilines is 1. The van der Waals surface area contributed by atoms with Crippen molar-refractivity contribution in [1.82, 2.24) is 20.4 Å². The molecule has 1 saturated heterocycles. The second-order valence-electron chi connectivity index (χ2n) is 6.33. The van der Waals surface area contributed by atoms with Crippen LogP contribution >= 0.6 is 39.9 Å². The van der Waals surface area contributed by atoms with Gasteiger partial charge in [-0.25, -0.2) is 0 Å². The van der Waals surface area contributed by atoms with E-state index in [0.29, 0.717) is 6.04 Å². The van der Waals surface area contributed by atoms with E-state index in [2.05, 4.69) is 72.7 Å². The molecule has 1 fully saturated rings. The molecule has 0 bridgehead atoms. The Kier molecular flexibility index (Phi) is 8.20. The highest BCUT2D eigenvalue weighted by Gasteiger charge is 2.23. The number of hydrogen-bond donors (Lipinski definition) is 2. The molecule has 1 unspecified atom stereocenters. The molecule has 1 aliphatic heterocycles. The molecule has 142 valence electrons. The van der Waals surface area contributed by atoms with E-state index in [4.69, 9.17) is 0 Å². The van der Waals surface area contributed by atoms with Crippen LogP contribution in [0.25, 0.3) is 0 Å². The minimum Gasteiger partial charge on any atom is -0.369 e. The van der Waals surface area contributed by atoms with Gasteiger partial charge in [-0.05, 0) is 43.2 Å². The zero-order valence-electron chi connectivity index (χ0n) is 15.2. The van der Waals surface area contributed by atoms with E-state index in [1.165, 1.54) is 11.3 Å². The van der Waals surface area contributed by atoms with Crippen molar-refractivity contribution in [1.29, 1.82) is 0 Å². The van der Waals surface area contributed by atoms with Gasteiger partial charge in [0, 0.05) is 49.1 Å². The third-order valence-electron chi connectivity index (χ3n) is 4.34. The third-order valence-corrected chi connectivity index (χ3v) is 4.87. The number of nitrogens with zero attached hydrogens (tertiary/aromatic N) is 4. The molecule has 0 spiro atoms. The molecule has 2 heterocycles. The zero-order valence-corrected chi connectivity index (χ0v) is 19.1. The summed E-state index contributed by atoms with van der Waals surface area (Å²) in [5.41, 5.74) is 2.45. The highest BCUT2D eigenvalue weighted by atomic mass is 127. The van der Waals surface area contributed by atoms with Gasteiger partial charge >= 0.3 is 0 Å². The van der Waals surface area contributed by atoms with Crippen LogP contribution in [-0.2, 0) is 6.54 Å². The van der Waals surface area contributed by atoms with Crippen LogP contribution in [0, 0.1) is 6.92 Å². The number of aromatic nitrogens is 2. The van der Waals surface area contributed by atoms with Crippen LogP contribution in [0.2, 0.25) is 0 Å². The fraction of sp³-hybridized carbons (Fsp3) is 0.444. The predicted octanol–water partition coefficient (Wildman–Crippen LogP) is 3.02. The molecule has 0 amide bonds. The molecular weight excluding hydrogens is 507 g/mol. The summed E-state index contributed by atoms with van der Waals surface area (Å²) in [6.07, 6.45) is 5.03. The van der Waals surface area contributed by atoms with Crippen molar-refractivity contribution in [2.75, 3.05) is 31.6 Å². The van der Waals surface area contributed by atoms with E-state index in [1.54, 1.807) is 0 Å². The largest absolute Gasteiger partial charge is 0.369 e. The highest BCUT2D eigenvalue weighted by Crippen LogP contribution is 2.22. The van der Waals surface area contributed by atoms with Gasteiger partial charge in [-0.3, -0.25) is 9.67 Å². The standard InChI is InChI=1S/C18H25BrN6.HI/c1-14-11-22-25(12-14)10-8-21-18(20-2)23-16-7-9-24(13-16)17-5-3-15(19)4-6-17;/h3-6,11-12,16H,7-10,13H2,1-2H3,(H2,20,21,23);1H. The zero-order chi connectivity index (χ0) is 17.6. The summed E-state index contributed by atoms with van der Waals surface area (Å²) in [6, 6.07) is 8.90. The monoisotopic (exact) mass is 532 g/mol. The first-order valence-corrected chi connectivity index (χ1v) is 9.40. The maximum Gasteiger partial charge on any atom is 0.191 e. The van der Waals surface area contributed by atoms with Crippen molar-refractivity contribution in [2.24, 2.45) is 4.99 Å². The van der Waals surface area contributed by atoms with Crippen molar-refractivity contribution < 1.29 is 0 Å². The molecule has 2 aromatic rings. The van der Waals surface area contributed by atoms with Crippen LogP contribution in [0.5, 0.6) is 0 Å². The molecule has 1 aliphatic rings. The third kappa shape index (κ3) is 5.87. The topological polar surface area (TPSA) is 57.5 Å². The van der Waals surface area contributed by atoms with Gasteiger partial charge in [0.2, 0.25) is 0 Å². The molecule has 1 aromatic carbocycles. The summed E-state index contributed by atoms with van der Waals surface area (Å²) in [5, 5.41) is 11.2. The number of nitrogens with one attached hydrogen (secondary N) is 2. The number of halogens is 2. The van der Waals surface area contributed by atoms with E-state index >= 15 is 0 Å². The van der Waals surface area contributed by atoms with Crippen molar-refractivity contribution in [3.05, 3.63) is 46.7 Å². The lowest BCUT2D eigenvalue weighted by atomic mass is 10.3. The summed E-state index contributed by atoms with van der Waals surface area (Å²) in [7, 11) is 1.81. The fourth-order valence-electron chi connectivity index (χ4n) is 3.03. The molecule has 3 rings (SSSR count). The number of benzene rings is 1. The lowest BCUT2D eigenvalue weighted by Gasteiger charge is -2.20. The van der Waals surface area contributed by atoms with E-state index in [-0.39, 0.29) is 24.0 Å². The Morgan fingerprint density at radius 1 is 1.35 bits per heavy atom. The second kappa shape index (κ2) is 10.1. The maximum absolute atomic E-state index is 4.34. The van der Waals surface area contributed by atoms with Crippen molar-refractivity contribution in [2.45, 2.75) is 25.9 Å². The van der Waals surface area contributed by atoms with Gasteiger partial charge < -0.3 is 15.5 Å². The molecule has 8 heteroatoms. The Hall–Kier alpha value is -1.29. The lowest BCUT2D eigenvalue weighted by Crippen LogP contribution is -2.45. The molecule has 2 N–H and O–H groups in total. The Morgan fingerprint density at radius 3 is 2.77 bits per heavy atom. The average molecular weight is 533 g/mol. The minimum atomic E-state index is 0. The van der Waals surface area contributed by atoms with Crippen LogP contribution in [0.3, 0.4) is 0 Å². The molecule has 0 aliphatic carbocycles. The summed E-state index contributed by atoms with van der Waals surface area (Å²) in [5.74, 6) is 0.853. The smallest absolute Gasteiger partial charge is 0.191 e. The predicted molar refractivity (Wildman–Crippen MR) is 122 cm³/mol. The van der Waals surface area contributed by atoms with Gasteiger partial charge in [0.05, 0.1) is 12.7 Å². The first kappa shape index (κ1) is 21.0. The van der Waals surface area contributed by atoms with E-state index in [1.807, 2.05) is 24.1 Å². The van der Waals surface area contributed by atoms with Crippen molar-refractivity contribution >= 4 is 51.6 Å². The van der Waals surface area contributed by atoms with Crippen LogP contribution in [0.4, 0.5) is 5.69 Å². The van der Waals surface area contributed by atoms with Crippen LogP contribution in [0.1, 0.15) is 12.0 Å². The Bertz CT molecular complexity index is 715. The Labute approximate surface area is 180 Å². The summed E-state index contributed by atoms with van der Waals surface area (Å²) in [4.78, 5) is 6.74. The highest BCUT2D eigenvalue weighted by molar-refractivity contribution is 14.0. The molecule has 0 radical (unpaired) electrons. The van der Waals surface area contributed by atoms with Crippen LogP contribution in [0.15, 0.2) is 46.1 Å². The molecule has 6 nitrogen and oxygen atoms in total. The van der Waals surface area contributed by atoms with Crippen LogP contribution < -0.4 is 15.5 Å². The lowest BCUT2D eigenvalue weighted by molar-refractivity contribution is 0.587. The SMILES string of the molecule is CN=C(NCCn1cc(C)cn1)NC1CCN(c2ccc(Br)cc2)C1.I. The molecule has 1 atom stereocenters. The van der Waals surface area contributed by atoms with E-state index < -0.39 is 0 Å². The maximum atomic E-state index is 4.34. The van der Waals surface area contributed by atoms with Gasteiger partial charge in [0.15, 0.2) is 5.96 Å².